The Hall–Kier alpha value is -1.56. The highest BCUT2D eigenvalue weighted by Gasteiger charge is 2.03. The number of hydroxylamine groups is 1. The molecule has 0 aromatic carbocycles. The Morgan fingerprint density at radius 2 is 2.30 bits per heavy atom. The molecule has 0 aromatic heterocycles. The van der Waals surface area contributed by atoms with Crippen LogP contribution in [0.3, 0.4) is 0 Å². The van der Waals surface area contributed by atoms with Crippen molar-refractivity contribution in [3.8, 4) is 0 Å². The van der Waals surface area contributed by atoms with Gasteiger partial charge in [0, 0.05) is 6.08 Å². The Balaban J connectivity index is 3.79. The van der Waals surface area contributed by atoms with Crippen molar-refractivity contribution in [3.05, 3.63) is 12.7 Å². The fourth-order valence-electron chi connectivity index (χ4n) is 0.183. The summed E-state index contributed by atoms with van der Waals surface area (Å²) < 4.78 is 0. The molecule has 5 N–H and O–H groups in total. The maximum absolute atomic E-state index is 10.3. The van der Waals surface area contributed by atoms with Crippen LogP contribution in [0, 0.1) is 5.41 Å². The molecule has 10 heavy (non-hydrogen) atoms. The molecule has 6 nitrogen and oxygen atoms in total. The predicted molar refractivity (Wildman–Crippen MR) is 34.2 cm³/mol. The monoisotopic (exact) mass is 144 g/mol. The molecular formula is C4H8N4O2. The lowest BCUT2D eigenvalue weighted by Crippen LogP contribution is -2.43. The van der Waals surface area contributed by atoms with Crippen molar-refractivity contribution in [2.75, 3.05) is 0 Å². The molecule has 6 heteroatoms. The van der Waals surface area contributed by atoms with E-state index in [-0.39, 0.29) is 0 Å². The second-order valence-electron chi connectivity index (χ2n) is 1.33. The topological polar surface area (TPSA) is 105 Å². The second kappa shape index (κ2) is 3.46. The lowest BCUT2D eigenvalue weighted by atomic mass is 10.7. The van der Waals surface area contributed by atoms with E-state index in [0.717, 1.165) is 6.08 Å². The van der Waals surface area contributed by atoms with Crippen LogP contribution in [-0.2, 0) is 9.63 Å². The van der Waals surface area contributed by atoms with Gasteiger partial charge in [0.2, 0.25) is 5.96 Å². The van der Waals surface area contributed by atoms with Crippen LogP contribution in [0.25, 0.3) is 0 Å². The molecule has 0 aliphatic rings. The third-order valence-corrected chi connectivity index (χ3v) is 0.592. The SMILES string of the molecule is C=CC(=O)ON(N)C(=N)N. The number of hydrazine groups is 1. The summed E-state index contributed by atoms with van der Waals surface area (Å²) in [6, 6.07) is 0. The first-order chi connectivity index (χ1) is 4.57. The summed E-state index contributed by atoms with van der Waals surface area (Å²) in [7, 11) is 0. The summed E-state index contributed by atoms with van der Waals surface area (Å²) in [5.74, 6) is 3.56. The summed E-state index contributed by atoms with van der Waals surface area (Å²) in [6.45, 7) is 3.10. The van der Waals surface area contributed by atoms with Gasteiger partial charge < -0.3 is 10.6 Å². The number of nitrogens with zero attached hydrogens (tertiary/aromatic N) is 1. The first-order valence-electron chi connectivity index (χ1n) is 2.31. The fraction of sp³-hybridized carbons (Fsp3) is 0. The number of hydrogen-bond donors (Lipinski definition) is 3. The number of nitrogens with one attached hydrogen (secondary N) is 1. The van der Waals surface area contributed by atoms with Crippen molar-refractivity contribution in [3.63, 3.8) is 0 Å². The molecule has 0 heterocycles. The van der Waals surface area contributed by atoms with E-state index in [2.05, 4.69) is 11.4 Å². The highest BCUT2D eigenvalue weighted by Crippen LogP contribution is 1.80. The van der Waals surface area contributed by atoms with Crippen molar-refractivity contribution < 1.29 is 9.63 Å². The van der Waals surface area contributed by atoms with Gasteiger partial charge in [0.1, 0.15) is 0 Å². The zero-order valence-corrected chi connectivity index (χ0v) is 5.20. The molecule has 0 fully saturated rings. The zero-order chi connectivity index (χ0) is 8.15. The van der Waals surface area contributed by atoms with Gasteiger partial charge in [-0.3, -0.25) is 5.41 Å². The van der Waals surface area contributed by atoms with E-state index in [1.165, 1.54) is 0 Å². The van der Waals surface area contributed by atoms with Crippen molar-refractivity contribution in [2.45, 2.75) is 0 Å². The van der Waals surface area contributed by atoms with Gasteiger partial charge >= 0.3 is 5.97 Å². The lowest BCUT2D eigenvalue weighted by molar-refractivity contribution is -0.167. The number of nitrogens with two attached hydrogens (primary N) is 2. The Morgan fingerprint density at radius 1 is 1.80 bits per heavy atom. The van der Waals surface area contributed by atoms with Crippen LogP contribution in [0.4, 0.5) is 0 Å². The molecular weight excluding hydrogens is 136 g/mol. The molecule has 0 unspecified atom stereocenters. The van der Waals surface area contributed by atoms with Crippen LogP contribution in [0.15, 0.2) is 12.7 Å². The number of rotatable bonds is 1. The Bertz CT molecular complexity index is 167. The van der Waals surface area contributed by atoms with E-state index in [1.807, 2.05) is 0 Å². The van der Waals surface area contributed by atoms with Crippen molar-refractivity contribution in [2.24, 2.45) is 11.6 Å². The summed E-state index contributed by atoms with van der Waals surface area (Å²) in [5, 5.41) is 6.97. The number of carbonyl (C=O) groups is 1. The number of guanidine groups is 1. The number of hydrogen-bond acceptors (Lipinski definition) is 4. The lowest BCUT2D eigenvalue weighted by Gasteiger charge is -2.12. The van der Waals surface area contributed by atoms with E-state index >= 15 is 0 Å². The molecule has 0 saturated heterocycles. The minimum atomic E-state index is -0.766. The molecule has 0 aliphatic heterocycles. The molecule has 0 spiro atoms. The first-order valence-corrected chi connectivity index (χ1v) is 2.31. The third-order valence-electron chi connectivity index (χ3n) is 0.592. The molecule has 0 rings (SSSR count). The smallest absolute Gasteiger partial charge is 0.357 e. The van der Waals surface area contributed by atoms with E-state index in [4.69, 9.17) is 17.0 Å². The van der Waals surface area contributed by atoms with Crippen LogP contribution >= 0.6 is 0 Å². The standard InChI is InChI=1S/C4H8N4O2/c1-2-3(9)10-8(7)4(5)6/h2H,1,7H2,(H3,5,6). The Kier molecular flexibility index (Phi) is 2.92. The molecule has 0 amide bonds. The molecule has 0 aromatic rings. The van der Waals surface area contributed by atoms with Crippen LogP contribution < -0.4 is 11.6 Å². The van der Waals surface area contributed by atoms with Gasteiger partial charge in [-0.1, -0.05) is 6.58 Å². The van der Waals surface area contributed by atoms with Crippen LogP contribution in [-0.4, -0.2) is 17.1 Å². The predicted octanol–water partition coefficient (Wildman–Crippen LogP) is -1.30. The third kappa shape index (κ3) is 2.68. The van der Waals surface area contributed by atoms with E-state index in [9.17, 15) is 4.79 Å². The molecule has 0 atom stereocenters. The highest BCUT2D eigenvalue weighted by molar-refractivity contribution is 5.83. The van der Waals surface area contributed by atoms with Crippen molar-refractivity contribution >= 4 is 11.9 Å². The van der Waals surface area contributed by atoms with Gasteiger partial charge in [0.15, 0.2) is 0 Å². The van der Waals surface area contributed by atoms with Gasteiger partial charge in [-0.15, -0.1) is 5.17 Å². The van der Waals surface area contributed by atoms with Gasteiger partial charge in [0.25, 0.3) is 0 Å². The van der Waals surface area contributed by atoms with Crippen LogP contribution in [0.5, 0.6) is 0 Å². The maximum atomic E-state index is 10.3. The summed E-state index contributed by atoms with van der Waals surface area (Å²) >= 11 is 0. The highest BCUT2D eigenvalue weighted by atomic mass is 16.7. The zero-order valence-electron chi connectivity index (χ0n) is 5.20. The van der Waals surface area contributed by atoms with Crippen LogP contribution in [0.1, 0.15) is 0 Å². The van der Waals surface area contributed by atoms with Crippen molar-refractivity contribution in [1.82, 2.24) is 5.17 Å². The van der Waals surface area contributed by atoms with Crippen LogP contribution in [0.2, 0.25) is 0 Å². The Labute approximate surface area is 57.5 Å². The van der Waals surface area contributed by atoms with Crippen molar-refractivity contribution in [1.29, 1.82) is 5.41 Å². The van der Waals surface area contributed by atoms with Gasteiger partial charge in [0.05, 0.1) is 0 Å². The Morgan fingerprint density at radius 3 is 2.60 bits per heavy atom. The molecule has 0 radical (unpaired) electrons. The minimum Gasteiger partial charge on any atom is -0.366 e. The maximum Gasteiger partial charge on any atom is 0.357 e. The van der Waals surface area contributed by atoms with E-state index in [0.29, 0.717) is 5.17 Å². The summed E-state index contributed by atoms with van der Waals surface area (Å²) in [6.07, 6.45) is 0.906. The average Bonchev–Trinajstić information content (AvgIpc) is 1.87. The van der Waals surface area contributed by atoms with E-state index < -0.39 is 11.9 Å². The largest absolute Gasteiger partial charge is 0.366 e. The summed E-state index contributed by atoms with van der Waals surface area (Å²) in [4.78, 5) is 14.5. The molecule has 0 aliphatic carbocycles. The molecule has 56 valence electrons. The first kappa shape index (κ1) is 8.44. The van der Waals surface area contributed by atoms with Gasteiger partial charge in [-0.25, -0.2) is 10.6 Å². The molecule has 0 saturated carbocycles. The van der Waals surface area contributed by atoms with Gasteiger partial charge in [-0.05, 0) is 0 Å². The van der Waals surface area contributed by atoms with E-state index in [1.54, 1.807) is 0 Å². The minimum absolute atomic E-state index is 0.337. The van der Waals surface area contributed by atoms with Gasteiger partial charge in [-0.2, -0.15) is 0 Å². The summed E-state index contributed by atoms with van der Waals surface area (Å²) in [5.41, 5.74) is 4.81. The molecule has 0 bridgehead atoms. The second-order valence-corrected chi connectivity index (χ2v) is 1.33. The number of carbonyl (C=O) groups excluding carboxylic acids is 1. The fourth-order valence-corrected chi connectivity index (χ4v) is 0.183. The normalized spacial score (nSPS) is 8.10. The quantitative estimate of drug-likeness (QED) is 0.139. The average molecular weight is 144 g/mol.